The lowest BCUT2D eigenvalue weighted by molar-refractivity contribution is 0.214. The number of benzene rings is 2. The molecule has 0 radical (unpaired) electrons. The van der Waals surface area contributed by atoms with Gasteiger partial charge in [0.25, 0.3) is 0 Å². The maximum Gasteiger partial charge on any atom is 0.187 e. The van der Waals surface area contributed by atoms with Gasteiger partial charge >= 0.3 is 0 Å². The zero-order chi connectivity index (χ0) is 15.9. The van der Waals surface area contributed by atoms with E-state index in [-0.39, 0.29) is 5.71 Å². The normalized spacial score (nSPS) is 10.9. The first-order chi connectivity index (χ1) is 10.7. The smallest absolute Gasteiger partial charge is 0.187 e. The number of nitriles is 1. The molecule has 2 rings (SSSR count). The minimum atomic E-state index is 0.239. The minimum absolute atomic E-state index is 0.239. The van der Waals surface area contributed by atoms with Crippen molar-refractivity contribution in [1.29, 1.82) is 5.26 Å². The van der Waals surface area contributed by atoms with Crippen molar-refractivity contribution in [2.24, 2.45) is 5.16 Å². The van der Waals surface area contributed by atoms with Crippen molar-refractivity contribution < 1.29 is 9.57 Å². The number of ether oxygens (including phenoxy) is 1. The molecular weight excluding hydrogens is 276 g/mol. The lowest BCUT2D eigenvalue weighted by Gasteiger charge is -2.12. The maximum absolute atomic E-state index is 9.20. The molecule has 0 heterocycles. The summed E-state index contributed by atoms with van der Waals surface area (Å²) in [7, 11) is 1.42. The number of hydrogen-bond donors (Lipinski definition) is 0. The van der Waals surface area contributed by atoms with Crippen LogP contribution in [0.25, 0.3) is 0 Å². The van der Waals surface area contributed by atoms with Gasteiger partial charge in [-0.15, -0.1) is 0 Å². The molecule has 112 valence electrons. The maximum atomic E-state index is 9.20. The Morgan fingerprint density at radius 1 is 1.18 bits per heavy atom. The summed E-state index contributed by atoms with van der Waals surface area (Å²) in [5, 5.41) is 13.0. The van der Waals surface area contributed by atoms with E-state index in [1.807, 2.05) is 56.3 Å². The van der Waals surface area contributed by atoms with Gasteiger partial charge in [0.15, 0.2) is 5.71 Å². The van der Waals surface area contributed by atoms with Crippen LogP contribution in [0, 0.1) is 25.2 Å². The first-order valence-electron chi connectivity index (χ1n) is 6.95. The van der Waals surface area contributed by atoms with Gasteiger partial charge < -0.3 is 9.57 Å². The highest BCUT2D eigenvalue weighted by Crippen LogP contribution is 2.21. The van der Waals surface area contributed by atoms with Crippen molar-refractivity contribution in [1.82, 2.24) is 0 Å². The predicted octanol–water partition coefficient (Wildman–Crippen LogP) is 3.76. The summed E-state index contributed by atoms with van der Waals surface area (Å²) in [5.41, 5.74) is 4.07. The topological polar surface area (TPSA) is 54.6 Å². The molecule has 0 saturated heterocycles. The highest BCUT2D eigenvalue weighted by atomic mass is 16.6. The first kappa shape index (κ1) is 15.6. The van der Waals surface area contributed by atoms with Crippen LogP contribution in [-0.4, -0.2) is 12.8 Å². The Balaban J connectivity index is 2.26. The van der Waals surface area contributed by atoms with Crippen LogP contribution in [0.1, 0.15) is 22.3 Å². The summed E-state index contributed by atoms with van der Waals surface area (Å²) in [6.45, 7) is 4.40. The average molecular weight is 294 g/mol. The van der Waals surface area contributed by atoms with Crippen molar-refractivity contribution in [3.63, 3.8) is 0 Å². The van der Waals surface area contributed by atoms with E-state index in [0.29, 0.717) is 6.61 Å². The number of hydrogen-bond acceptors (Lipinski definition) is 4. The molecule has 0 saturated carbocycles. The molecule has 0 spiro atoms. The fourth-order valence-corrected chi connectivity index (χ4v) is 2.12. The van der Waals surface area contributed by atoms with Crippen LogP contribution < -0.4 is 4.74 Å². The van der Waals surface area contributed by atoms with Crippen LogP contribution in [0.4, 0.5) is 0 Å². The first-order valence-corrected chi connectivity index (χ1v) is 6.95. The van der Waals surface area contributed by atoms with Gasteiger partial charge in [-0.2, -0.15) is 5.26 Å². The van der Waals surface area contributed by atoms with Gasteiger partial charge in [0, 0.05) is 5.56 Å². The van der Waals surface area contributed by atoms with Gasteiger partial charge in [0.2, 0.25) is 0 Å². The third-order valence-electron chi connectivity index (χ3n) is 3.29. The quantitative estimate of drug-likeness (QED) is 0.623. The number of nitrogens with zero attached hydrogens (tertiary/aromatic N) is 2. The number of oxime groups is 1. The SMILES string of the molecule is CON=C(C#N)c1ccccc1COc1cc(C)ccc1C. The third kappa shape index (κ3) is 3.64. The molecule has 0 bridgehead atoms. The molecule has 0 aromatic heterocycles. The largest absolute Gasteiger partial charge is 0.489 e. The summed E-state index contributed by atoms with van der Waals surface area (Å²) < 4.78 is 5.91. The summed E-state index contributed by atoms with van der Waals surface area (Å²) in [6.07, 6.45) is 0. The summed E-state index contributed by atoms with van der Waals surface area (Å²) in [5.74, 6) is 0.844. The molecule has 2 aromatic carbocycles. The van der Waals surface area contributed by atoms with Crippen LogP contribution in [-0.2, 0) is 11.4 Å². The zero-order valence-electron chi connectivity index (χ0n) is 13.0. The van der Waals surface area contributed by atoms with Crippen LogP contribution >= 0.6 is 0 Å². The second-order valence-corrected chi connectivity index (χ2v) is 4.95. The molecule has 2 aromatic rings. The lowest BCUT2D eigenvalue weighted by atomic mass is 10.0. The Bertz CT molecular complexity index is 730. The molecule has 0 aliphatic carbocycles. The van der Waals surface area contributed by atoms with E-state index in [2.05, 4.69) is 11.2 Å². The van der Waals surface area contributed by atoms with E-state index in [1.165, 1.54) is 7.11 Å². The second kappa shape index (κ2) is 7.28. The Kier molecular flexibility index (Phi) is 5.16. The van der Waals surface area contributed by atoms with Crippen molar-refractivity contribution in [2.75, 3.05) is 7.11 Å². The number of rotatable bonds is 5. The minimum Gasteiger partial charge on any atom is -0.489 e. The van der Waals surface area contributed by atoms with Crippen LogP contribution in [0.5, 0.6) is 5.75 Å². The molecule has 0 unspecified atom stereocenters. The van der Waals surface area contributed by atoms with E-state index in [0.717, 1.165) is 28.0 Å². The molecule has 0 atom stereocenters. The molecule has 4 heteroatoms. The molecule has 0 amide bonds. The molecular formula is C18H18N2O2. The van der Waals surface area contributed by atoms with Gasteiger partial charge in [-0.25, -0.2) is 0 Å². The monoisotopic (exact) mass is 294 g/mol. The van der Waals surface area contributed by atoms with Crippen molar-refractivity contribution in [3.8, 4) is 11.8 Å². The molecule has 4 nitrogen and oxygen atoms in total. The van der Waals surface area contributed by atoms with E-state index in [4.69, 9.17) is 9.57 Å². The van der Waals surface area contributed by atoms with Crippen LogP contribution in [0.15, 0.2) is 47.6 Å². The Morgan fingerprint density at radius 3 is 2.68 bits per heavy atom. The molecule has 0 fully saturated rings. The molecule has 0 aliphatic heterocycles. The Morgan fingerprint density at radius 2 is 1.95 bits per heavy atom. The highest BCUT2D eigenvalue weighted by Gasteiger charge is 2.10. The predicted molar refractivity (Wildman–Crippen MR) is 85.8 cm³/mol. The summed E-state index contributed by atoms with van der Waals surface area (Å²) >= 11 is 0. The standard InChI is InChI=1S/C18H18N2O2/c1-13-8-9-14(2)18(10-13)22-12-15-6-4-5-7-16(15)17(11-19)20-21-3/h4-10H,12H2,1-3H3. The summed E-state index contributed by atoms with van der Waals surface area (Å²) in [6, 6.07) is 15.7. The Labute approximate surface area is 130 Å². The van der Waals surface area contributed by atoms with Crippen molar-refractivity contribution in [3.05, 3.63) is 64.7 Å². The van der Waals surface area contributed by atoms with E-state index in [9.17, 15) is 5.26 Å². The van der Waals surface area contributed by atoms with Crippen LogP contribution in [0.3, 0.4) is 0 Å². The lowest BCUT2D eigenvalue weighted by Crippen LogP contribution is -2.06. The van der Waals surface area contributed by atoms with Gasteiger partial charge in [-0.3, -0.25) is 0 Å². The fraction of sp³-hybridized carbons (Fsp3) is 0.222. The Hall–Kier alpha value is -2.80. The third-order valence-corrected chi connectivity index (χ3v) is 3.29. The highest BCUT2D eigenvalue weighted by molar-refractivity contribution is 6.12. The molecule has 0 aliphatic rings. The number of aryl methyl sites for hydroxylation is 2. The average Bonchev–Trinajstić information content (AvgIpc) is 2.54. The molecule has 22 heavy (non-hydrogen) atoms. The second-order valence-electron chi connectivity index (χ2n) is 4.95. The van der Waals surface area contributed by atoms with Crippen molar-refractivity contribution in [2.45, 2.75) is 20.5 Å². The fourth-order valence-electron chi connectivity index (χ4n) is 2.12. The van der Waals surface area contributed by atoms with E-state index >= 15 is 0 Å². The van der Waals surface area contributed by atoms with E-state index in [1.54, 1.807) is 0 Å². The zero-order valence-corrected chi connectivity index (χ0v) is 13.0. The van der Waals surface area contributed by atoms with Gasteiger partial charge in [-0.05, 0) is 36.6 Å². The van der Waals surface area contributed by atoms with Crippen LogP contribution in [0.2, 0.25) is 0 Å². The van der Waals surface area contributed by atoms with Crippen molar-refractivity contribution >= 4 is 5.71 Å². The van der Waals surface area contributed by atoms with Gasteiger partial charge in [0.05, 0.1) is 0 Å². The van der Waals surface area contributed by atoms with Gasteiger partial charge in [-0.1, -0.05) is 41.6 Å². The summed E-state index contributed by atoms with van der Waals surface area (Å²) in [4.78, 5) is 4.73. The van der Waals surface area contributed by atoms with Gasteiger partial charge in [0.1, 0.15) is 25.5 Å². The molecule has 0 N–H and O–H groups in total. The van der Waals surface area contributed by atoms with E-state index < -0.39 is 0 Å².